The molecule has 1 aromatic rings. The lowest BCUT2D eigenvalue weighted by Gasteiger charge is -2.32. The highest BCUT2D eigenvalue weighted by Crippen LogP contribution is 2.23. The lowest BCUT2D eigenvalue weighted by molar-refractivity contribution is 0.361. The summed E-state index contributed by atoms with van der Waals surface area (Å²) in [4.78, 5) is 0. The van der Waals surface area contributed by atoms with Gasteiger partial charge in [-0.25, -0.2) is 4.39 Å². The van der Waals surface area contributed by atoms with Crippen molar-refractivity contribution in [2.24, 2.45) is 0 Å². The van der Waals surface area contributed by atoms with E-state index >= 15 is 0 Å². The maximum atomic E-state index is 12.9. The quantitative estimate of drug-likeness (QED) is 0.644. The van der Waals surface area contributed by atoms with Gasteiger partial charge in [0.1, 0.15) is 5.82 Å². The minimum atomic E-state index is -0.128. The number of halogens is 1. The van der Waals surface area contributed by atoms with Crippen LogP contribution in [0.25, 0.3) is 0 Å². The summed E-state index contributed by atoms with van der Waals surface area (Å²) >= 11 is 0. The zero-order valence-corrected chi connectivity index (χ0v) is 8.02. The molecule has 0 aliphatic carbocycles. The molecule has 0 spiro atoms. The fraction of sp³-hybridized carbons (Fsp3) is 0.455. The summed E-state index contributed by atoms with van der Waals surface area (Å²) in [6.07, 6.45) is 0.903. The van der Waals surface area contributed by atoms with Gasteiger partial charge in [-0.1, -0.05) is 6.07 Å². The topological polar surface area (TPSA) is 12.0 Å². The van der Waals surface area contributed by atoms with E-state index in [4.69, 9.17) is 0 Å². The lowest BCUT2D eigenvalue weighted by atomic mass is 9.88. The van der Waals surface area contributed by atoms with E-state index in [0.29, 0.717) is 0 Å². The van der Waals surface area contributed by atoms with Crippen LogP contribution >= 0.6 is 0 Å². The van der Waals surface area contributed by atoms with E-state index in [9.17, 15) is 4.39 Å². The molecule has 1 aromatic carbocycles. The third kappa shape index (κ3) is 1.73. The molecule has 0 saturated carbocycles. The Kier molecular flexibility index (Phi) is 1.88. The van der Waals surface area contributed by atoms with Crippen molar-refractivity contribution < 1.29 is 4.39 Å². The van der Waals surface area contributed by atoms with E-state index in [1.807, 2.05) is 6.07 Å². The number of hydrogen-bond acceptors (Lipinski definition) is 1. The third-order valence-corrected chi connectivity index (χ3v) is 2.56. The summed E-state index contributed by atoms with van der Waals surface area (Å²) in [5, 5.41) is 3.41. The molecule has 2 rings (SSSR count). The Balaban J connectivity index is 2.38. The van der Waals surface area contributed by atoms with Crippen LogP contribution in [0, 0.1) is 5.82 Å². The van der Waals surface area contributed by atoms with Crippen molar-refractivity contribution in [3.05, 3.63) is 35.1 Å². The van der Waals surface area contributed by atoms with Crippen molar-refractivity contribution in [1.82, 2.24) is 5.32 Å². The highest BCUT2D eigenvalue weighted by atomic mass is 19.1. The predicted molar refractivity (Wildman–Crippen MR) is 51.0 cm³/mol. The van der Waals surface area contributed by atoms with Gasteiger partial charge in [-0.2, -0.15) is 0 Å². The van der Waals surface area contributed by atoms with E-state index < -0.39 is 0 Å². The van der Waals surface area contributed by atoms with Crippen LogP contribution in [-0.4, -0.2) is 5.54 Å². The number of fused-ring (bicyclic) bond motifs is 1. The maximum absolute atomic E-state index is 12.9. The molecule has 1 aliphatic rings. The average Bonchev–Trinajstić information content (AvgIpc) is 2.01. The number of hydrogen-bond donors (Lipinski definition) is 1. The predicted octanol–water partition coefficient (Wildman–Crippen LogP) is 2.25. The fourth-order valence-corrected chi connectivity index (χ4v) is 1.80. The molecule has 0 saturated heterocycles. The Morgan fingerprint density at radius 2 is 2.08 bits per heavy atom. The van der Waals surface area contributed by atoms with Crippen molar-refractivity contribution >= 4 is 0 Å². The van der Waals surface area contributed by atoms with Crippen molar-refractivity contribution in [2.45, 2.75) is 32.4 Å². The van der Waals surface area contributed by atoms with Crippen molar-refractivity contribution in [3.63, 3.8) is 0 Å². The number of benzene rings is 1. The molecule has 0 fully saturated rings. The van der Waals surface area contributed by atoms with Crippen molar-refractivity contribution in [1.29, 1.82) is 0 Å². The van der Waals surface area contributed by atoms with Crippen LogP contribution in [-0.2, 0) is 13.0 Å². The summed E-state index contributed by atoms with van der Waals surface area (Å²) in [6, 6.07) is 5.05. The highest BCUT2D eigenvalue weighted by Gasteiger charge is 2.24. The first-order valence-corrected chi connectivity index (χ1v) is 4.59. The summed E-state index contributed by atoms with van der Waals surface area (Å²) in [5.74, 6) is -0.128. The molecule has 0 bridgehead atoms. The normalized spacial score (nSPS) is 19.6. The number of rotatable bonds is 0. The van der Waals surface area contributed by atoms with Crippen LogP contribution in [0.2, 0.25) is 0 Å². The Labute approximate surface area is 78.0 Å². The first-order chi connectivity index (χ1) is 6.07. The van der Waals surface area contributed by atoms with Gasteiger partial charge in [0.25, 0.3) is 0 Å². The lowest BCUT2D eigenvalue weighted by Crippen LogP contribution is -2.44. The van der Waals surface area contributed by atoms with Gasteiger partial charge in [-0.3, -0.25) is 0 Å². The molecule has 1 heterocycles. The maximum Gasteiger partial charge on any atom is 0.123 e. The minimum absolute atomic E-state index is 0.0980. The van der Waals surface area contributed by atoms with Gasteiger partial charge < -0.3 is 5.32 Å². The largest absolute Gasteiger partial charge is 0.307 e. The molecule has 1 aliphatic heterocycles. The molecule has 13 heavy (non-hydrogen) atoms. The van der Waals surface area contributed by atoms with Gasteiger partial charge in [-0.05, 0) is 43.5 Å². The second kappa shape index (κ2) is 2.81. The van der Waals surface area contributed by atoms with Crippen LogP contribution in [0.15, 0.2) is 18.2 Å². The molecule has 2 heteroatoms. The van der Waals surface area contributed by atoms with Gasteiger partial charge in [-0.15, -0.1) is 0 Å². The Hall–Kier alpha value is -0.890. The average molecular weight is 179 g/mol. The highest BCUT2D eigenvalue weighted by molar-refractivity contribution is 5.31. The first-order valence-electron chi connectivity index (χ1n) is 4.59. The molecule has 1 N–H and O–H groups in total. The van der Waals surface area contributed by atoms with E-state index in [2.05, 4.69) is 19.2 Å². The van der Waals surface area contributed by atoms with Crippen molar-refractivity contribution in [3.8, 4) is 0 Å². The SMILES string of the molecule is CC1(C)Cc2cc(F)ccc2CN1. The molecular weight excluding hydrogens is 165 g/mol. The monoisotopic (exact) mass is 179 g/mol. The van der Waals surface area contributed by atoms with Crippen LogP contribution in [0.5, 0.6) is 0 Å². The summed E-state index contributed by atoms with van der Waals surface area (Å²) in [5.41, 5.74) is 2.46. The summed E-state index contributed by atoms with van der Waals surface area (Å²) < 4.78 is 12.9. The third-order valence-electron chi connectivity index (χ3n) is 2.56. The van der Waals surface area contributed by atoms with Crippen LogP contribution < -0.4 is 5.32 Å². The molecule has 0 amide bonds. The van der Waals surface area contributed by atoms with E-state index in [1.54, 1.807) is 6.07 Å². The Morgan fingerprint density at radius 1 is 1.31 bits per heavy atom. The van der Waals surface area contributed by atoms with E-state index in [0.717, 1.165) is 18.5 Å². The zero-order chi connectivity index (χ0) is 9.47. The smallest absolute Gasteiger partial charge is 0.123 e. The fourth-order valence-electron chi connectivity index (χ4n) is 1.80. The zero-order valence-electron chi connectivity index (χ0n) is 8.02. The molecule has 0 unspecified atom stereocenters. The van der Waals surface area contributed by atoms with Gasteiger partial charge >= 0.3 is 0 Å². The van der Waals surface area contributed by atoms with Crippen LogP contribution in [0.1, 0.15) is 25.0 Å². The van der Waals surface area contributed by atoms with Crippen LogP contribution in [0.4, 0.5) is 4.39 Å². The Morgan fingerprint density at radius 3 is 2.85 bits per heavy atom. The second-order valence-corrected chi connectivity index (χ2v) is 4.33. The van der Waals surface area contributed by atoms with Gasteiger partial charge in [0, 0.05) is 12.1 Å². The molecule has 0 aromatic heterocycles. The molecule has 0 radical (unpaired) electrons. The van der Waals surface area contributed by atoms with Gasteiger partial charge in [0.15, 0.2) is 0 Å². The molecule has 1 nitrogen and oxygen atoms in total. The van der Waals surface area contributed by atoms with Gasteiger partial charge in [0.2, 0.25) is 0 Å². The van der Waals surface area contributed by atoms with E-state index in [1.165, 1.54) is 11.6 Å². The first kappa shape index (κ1) is 8.70. The summed E-state index contributed by atoms with van der Waals surface area (Å²) in [6.45, 7) is 5.13. The Bertz CT molecular complexity index is 331. The van der Waals surface area contributed by atoms with Crippen LogP contribution in [0.3, 0.4) is 0 Å². The van der Waals surface area contributed by atoms with Gasteiger partial charge in [0.05, 0.1) is 0 Å². The molecule has 70 valence electrons. The second-order valence-electron chi connectivity index (χ2n) is 4.33. The standard InChI is InChI=1S/C11H14FN/c1-11(2)6-9-5-10(12)4-3-8(9)7-13-11/h3-5,13H,6-7H2,1-2H3. The molecule has 0 atom stereocenters. The van der Waals surface area contributed by atoms with E-state index in [-0.39, 0.29) is 11.4 Å². The minimum Gasteiger partial charge on any atom is -0.307 e. The number of nitrogens with one attached hydrogen (secondary N) is 1. The molecular formula is C11H14FN. The summed E-state index contributed by atoms with van der Waals surface area (Å²) in [7, 11) is 0. The van der Waals surface area contributed by atoms with Crippen molar-refractivity contribution in [2.75, 3.05) is 0 Å².